The summed E-state index contributed by atoms with van der Waals surface area (Å²) in [4.78, 5) is 17.6. The average molecular weight is 368 g/mol. The molecule has 0 amide bonds. The van der Waals surface area contributed by atoms with Gasteiger partial charge in [0.1, 0.15) is 0 Å². The van der Waals surface area contributed by atoms with Crippen LogP contribution < -0.4 is 5.32 Å². The van der Waals surface area contributed by atoms with Crippen LogP contribution in [0.2, 0.25) is 0 Å². The van der Waals surface area contributed by atoms with Crippen LogP contribution >= 0.6 is 11.3 Å². The third kappa shape index (κ3) is 3.84. The lowest BCUT2D eigenvalue weighted by atomic mass is 10.0. The average Bonchev–Trinajstić information content (AvgIpc) is 3.05. The molecule has 1 fully saturated rings. The number of nitro benzene ring substituents is 1. The topological polar surface area (TPSA) is 71.3 Å². The number of thiazole rings is 1. The molecular formula is C19H20N4O2S. The smallest absolute Gasteiger partial charge is 0.270 e. The van der Waals surface area contributed by atoms with Crippen LogP contribution in [0.25, 0.3) is 10.2 Å². The molecule has 0 saturated carbocycles. The molecule has 0 bridgehead atoms. The fourth-order valence-corrected chi connectivity index (χ4v) is 4.32. The Morgan fingerprint density at radius 1 is 1.19 bits per heavy atom. The van der Waals surface area contributed by atoms with Gasteiger partial charge in [-0.15, -0.1) is 0 Å². The number of benzene rings is 2. The van der Waals surface area contributed by atoms with Crippen molar-refractivity contribution < 1.29 is 4.92 Å². The Labute approximate surface area is 155 Å². The molecular weight excluding hydrogens is 348 g/mol. The zero-order valence-electron chi connectivity index (χ0n) is 14.3. The second-order valence-electron chi connectivity index (χ2n) is 6.61. The van der Waals surface area contributed by atoms with E-state index in [2.05, 4.69) is 39.5 Å². The first-order valence-corrected chi connectivity index (χ1v) is 9.57. The highest BCUT2D eigenvalue weighted by atomic mass is 32.1. The maximum atomic E-state index is 10.9. The largest absolute Gasteiger partial charge is 0.359 e. The lowest BCUT2D eigenvalue weighted by molar-refractivity contribution is -0.384. The van der Waals surface area contributed by atoms with Crippen LogP contribution in [-0.2, 0) is 6.54 Å². The van der Waals surface area contributed by atoms with Gasteiger partial charge in [-0.05, 0) is 24.5 Å². The van der Waals surface area contributed by atoms with E-state index in [9.17, 15) is 10.1 Å². The fourth-order valence-electron chi connectivity index (χ4n) is 3.34. The highest BCUT2D eigenvalue weighted by Gasteiger charge is 2.20. The summed E-state index contributed by atoms with van der Waals surface area (Å²) < 4.78 is 0.850. The van der Waals surface area contributed by atoms with E-state index >= 15 is 0 Å². The van der Waals surface area contributed by atoms with E-state index in [1.165, 1.54) is 23.0 Å². The van der Waals surface area contributed by atoms with Crippen LogP contribution in [0.5, 0.6) is 0 Å². The number of anilines is 1. The third-order valence-corrected chi connectivity index (χ3v) is 5.70. The number of piperidine rings is 1. The van der Waals surface area contributed by atoms with Gasteiger partial charge >= 0.3 is 0 Å². The summed E-state index contributed by atoms with van der Waals surface area (Å²) in [5.41, 5.74) is 2.28. The molecule has 0 unspecified atom stereocenters. The van der Waals surface area contributed by atoms with Crippen molar-refractivity contribution in [2.24, 2.45) is 0 Å². The standard InChI is InChI=1S/C19H20N4O2S/c24-23(25)16-6-7-17-18(12-16)26-19(21-17)20-15-8-10-22(11-9-15)13-14-4-2-1-3-5-14/h1-7,12,15H,8-11,13H2,(H,20,21). The summed E-state index contributed by atoms with van der Waals surface area (Å²) in [6.07, 6.45) is 2.14. The van der Waals surface area contributed by atoms with E-state index in [0.717, 1.165) is 47.8 Å². The Bertz CT molecular complexity index is 904. The van der Waals surface area contributed by atoms with Crippen molar-refractivity contribution in [1.82, 2.24) is 9.88 Å². The Morgan fingerprint density at radius 2 is 1.96 bits per heavy atom. The molecule has 4 rings (SSSR count). The molecule has 1 aliphatic rings. The lowest BCUT2D eigenvalue weighted by Crippen LogP contribution is -2.38. The van der Waals surface area contributed by atoms with E-state index in [-0.39, 0.29) is 10.6 Å². The first-order chi connectivity index (χ1) is 12.7. The van der Waals surface area contributed by atoms with Gasteiger partial charge in [-0.3, -0.25) is 15.0 Å². The molecule has 1 N–H and O–H groups in total. The Balaban J connectivity index is 1.35. The molecule has 2 heterocycles. The van der Waals surface area contributed by atoms with Crippen LogP contribution in [0.15, 0.2) is 48.5 Å². The van der Waals surface area contributed by atoms with E-state index in [4.69, 9.17) is 0 Å². The summed E-state index contributed by atoms with van der Waals surface area (Å²) in [5.74, 6) is 0. The van der Waals surface area contributed by atoms with E-state index in [0.29, 0.717) is 6.04 Å². The normalized spacial score (nSPS) is 16.0. The molecule has 134 valence electrons. The van der Waals surface area contributed by atoms with Crippen molar-refractivity contribution in [2.45, 2.75) is 25.4 Å². The minimum atomic E-state index is -0.366. The maximum absolute atomic E-state index is 10.9. The fraction of sp³-hybridized carbons (Fsp3) is 0.316. The molecule has 3 aromatic rings. The predicted octanol–water partition coefficient (Wildman–Crippen LogP) is 4.28. The molecule has 0 radical (unpaired) electrons. The van der Waals surface area contributed by atoms with Crippen molar-refractivity contribution in [3.05, 3.63) is 64.2 Å². The van der Waals surface area contributed by atoms with E-state index in [1.54, 1.807) is 12.1 Å². The number of aromatic nitrogens is 1. The third-order valence-electron chi connectivity index (χ3n) is 4.75. The van der Waals surface area contributed by atoms with Crippen LogP contribution in [0, 0.1) is 10.1 Å². The lowest BCUT2D eigenvalue weighted by Gasteiger charge is -2.32. The molecule has 7 heteroatoms. The van der Waals surface area contributed by atoms with Gasteiger partial charge in [-0.2, -0.15) is 0 Å². The molecule has 1 saturated heterocycles. The zero-order chi connectivity index (χ0) is 17.9. The molecule has 1 aromatic heterocycles. The van der Waals surface area contributed by atoms with Gasteiger partial charge in [0.25, 0.3) is 5.69 Å². The summed E-state index contributed by atoms with van der Waals surface area (Å²) in [7, 11) is 0. The first kappa shape index (κ1) is 16.9. The van der Waals surface area contributed by atoms with Crippen LogP contribution in [0.1, 0.15) is 18.4 Å². The quantitative estimate of drug-likeness (QED) is 0.537. The summed E-state index contributed by atoms with van der Waals surface area (Å²) >= 11 is 1.49. The minimum absolute atomic E-state index is 0.113. The van der Waals surface area contributed by atoms with Crippen LogP contribution in [-0.4, -0.2) is 33.9 Å². The number of nitrogens with one attached hydrogen (secondary N) is 1. The highest BCUT2D eigenvalue weighted by Crippen LogP contribution is 2.30. The zero-order valence-corrected chi connectivity index (χ0v) is 15.1. The number of rotatable bonds is 5. The van der Waals surface area contributed by atoms with Crippen molar-refractivity contribution in [3.63, 3.8) is 0 Å². The number of fused-ring (bicyclic) bond motifs is 1. The van der Waals surface area contributed by atoms with Crippen LogP contribution in [0.4, 0.5) is 10.8 Å². The van der Waals surface area contributed by atoms with Crippen molar-refractivity contribution in [3.8, 4) is 0 Å². The summed E-state index contributed by atoms with van der Waals surface area (Å²) in [6.45, 7) is 3.12. The van der Waals surface area contributed by atoms with Crippen LogP contribution in [0.3, 0.4) is 0 Å². The van der Waals surface area contributed by atoms with Gasteiger partial charge in [0.05, 0.1) is 15.1 Å². The molecule has 6 nitrogen and oxygen atoms in total. The molecule has 0 atom stereocenters. The number of nitro groups is 1. The molecule has 26 heavy (non-hydrogen) atoms. The summed E-state index contributed by atoms with van der Waals surface area (Å²) in [6, 6.07) is 15.8. The maximum Gasteiger partial charge on any atom is 0.270 e. The van der Waals surface area contributed by atoms with Gasteiger partial charge in [0.2, 0.25) is 0 Å². The predicted molar refractivity (Wildman–Crippen MR) is 105 cm³/mol. The first-order valence-electron chi connectivity index (χ1n) is 8.75. The summed E-state index contributed by atoms with van der Waals surface area (Å²) in [5, 5.41) is 15.3. The minimum Gasteiger partial charge on any atom is -0.359 e. The number of hydrogen-bond donors (Lipinski definition) is 1. The van der Waals surface area contributed by atoms with Gasteiger partial charge < -0.3 is 5.32 Å². The van der Waals surface area contributed by atoms with Gasteiger partial charge in [-0.25, -0.2) is 4.98 Å². The van der Waals surface area contributed by atoms with E-state index < -0.39 is 0 Å². The van der Waals surface area contributed by atoms with Gasteiger partial charge in [0, 0.05) is 37.8 Å². The molecule has 1 aliphatic heterocycles. The highest BCUT2D eigenvalue weighted by molar-refractivity contribution is 7.22. The van der Waals surface area contributed by atoms with Gasteiger partial charge in [-0.1, -0.05) is 41.7 Å². The SMILES string of the molecule is O=[N+]([O-])c1ccc2nc(NC3CCN(Cc4ccccc4)CC3)sc2c1. The molecule has 2 aromatic carbocycles. The number of non-ortho nitro benzene ring substituents is 1. The van der Waals surface area contributed by atoms with Crippen molar-refractivity contribution in [2.75, 3.05) is 18.4 Å². The Kier molecular flexibility index (Phi) is 4.81. The van der Waals surface area contributed by atoms with Gasteiger partial charge in [0.15, 0.2) is 5.13 Å². The molecule has 0 spiro atoms. The van der Waals surface area contributed by atoms with Crippen molar-refractivity contribution in [1.29, 1.82) is 0 Å². The second-order valence-corrected chi connectivity index (χ2v) is 7.64. The molecule has 0 aliphatic carbocycles. The monoisotopic (exact) mass is 368 g/mol. The second kappa shape index (κ2) is 7.39. The van der Waals surface area contributed by atoms with E-state index in [1.807, 2.05) is 6.07 Å². The number of nitrogens with zero attached hydrogens (tertiary/aromatic N) is 3. The Hall–Kier alpha value is -2.51. The number of hydrogen-bond acceptors (Lipinski definition) is 6. The number of likely N-dealkylation sites (tertiary alicyclic amines) is 1. The Morgan fingerprint density at radius 3 is 2.69 bits per heavy atom. The van der Waals surface area contributed by atoms with Crippen molar-refractivity contribution >= 4 is 32.4 Å².